The maximum absolute atomic E-state index is 13.1. The molecule has 1 spiro atoms. The second-order valence-electron chi connectivity index (χ2n) is 8.67. The van der Waals surface area contributed by atoms with Crippen molar-refractivity contribution in [1.82, 2.24) is 34.4 Å². The zero-order valence-corrected chi connectivity index (χ0v) is 18.8. The van der Waals surface area contributed by atoms with Gasteiger partial charge in [0, 0.05) is 36.3 Å². The van der Waals surface area contributed by atoms with Crippen molar-refractivity contribution in [2.45, 2.75) is 32.2 Å². The molecule has 5 heterocycles. The van der Waals surface area contributed by atoms with Gasteiger partial charge in [-0.25, -0.2) is 24.9 Å². The third-order valence-corrected chi connectivity index (χ3v) is 6.95. The Morgan fingerprint density at radius 2 is 1.94 bits per heavy atom. The highest BCUT2D eigenvalue weighted by Crippen LogP contribution is 2.48. The Balaban J connectivity index is 1.52. The molecule has 1 aromatic carbocycles. The number of likely N-dealkylation sites (tertiary alicyclic amines) is 1. The first-order chi connectivity index (χ1) is 16.0. The molecule has 3 aromatic heterocycles. The molecule has 1 N–H and O–H groups in total. The Hall–Kier alpha value is -3.72. The summed E-state index contributed by atoms with van der Waals surface area (Å²) >= 11 is 0. The fourth-order valence-electron chi connectivity index (χ4n) is 5.33. The molecule has 0 aliphatic carbocycles. The maximum atomic E-state index is 13.1. The summed E-state index contributed by atoms with van der Waals surface area (Å²) in [5.41, 5.74) is 5.24. The number of aryl methyl sites for hydroxylation is 2. The number of likely N-dealkylation sites (N-methyl/N-ethyl adjacent to an activating group) is 1. The minimum Gasteiger partial charge on any atom is -0.324 e. The summed E-state index contributed by atoms with van der Waals surface area (Å²) in [4.78, 5) is 38.0. The van der Waals surface area contributed by atoms with Crippen LogP contribution >= 0.6 is 0 Å². The van der Waals surface area contributed by atoms with E-state index in [0.29, 0.717) is 11.3 Å². The van der Waals surface area contributed by atoms with E-state index in [4.69, 9.17) is 4.98 Å². The van der Waals surface area contributed by atoms with Crippen LogP contribution in [0.1, 0.15) is 31.2 Å². The fourth-order valence-corrected chi connectivity index (χ4v) is 5.33. The SMILES string of the molecule is CCN1CCCC12C(=O)Nc1ccc(-c3ncnc4c3nc(-c3cnc(C)nc3)n4C)cc12. The minimum absolute atomic E-state index is 0.0707. The Morgan fingerprint density at radius 3 is 2.73 bits per heavy atom. The van der Waals surface area contributed by atoms with Crippen LogP contribution < -0.4 is 5.32 Å². The number of nitrogens with one attached hydrogen (secondary N) is 1. The summed E-state index contributed by atoms with van der Waals surface area (Å²) in [6, 6.07) is 6.08. The van der Waals surface area contributed by atoms with Gasteiger partial charge in [-0.15, -0.1) is 0 Å². The number of aromatic nitrogens is 6. The summed E-state index contributed by atoms with van der Waals surface area (Å²) in [6.45, 7) is 5.72. The van der Waals surface area contributed by atoms with Gasteiger partial charge in [0.25, 0.3) is 0 Å². The molecule has 33 heavy (non-hydrogen) atoms. The average molecular weight is 441 g/mol. The summed E-state index contributed by atoms with van der Waals surface area (Å²) in [6.07, 6.45) is 6.93. The Morgan fingerprint density at radius 1 is 1.12 bits per heavy atom. The lowest BCUT2D eigenvalue weighted by atomic mass is 9.87. The molecule has 4 aromatic rings. The van der Waals surface area contributed by atoms with Crippen LogP contribution in [0.4, 0.5) is 5.69 Å². The van der Waals surface area contributed by atoms with Crippen molar-refractivity contribution < 1.29 is 4.79 Å². The van der Waals surface area contributed by atoms with Crippen LogP contribution in [0.5, 0.6) is 0 Å². The lowest BCUT2D eigenvalue weighted by molar-refractivity contribution is -0.126. The van der Waals surface area contributed by atoms with E-state index in [9.17, 15) is 4.79 Å². The number of rotatable bonds is 3. The van der Waals surface area contributed by atoms with E-state index < -0.39 is 5.54 Å². The van der Waals surface area contributed by atoms with Gasteiger partial charge in [0.05, 0.1) is 5.56 Å². The van der Waals surface area contributed by atoms with Gasteiger partial charge in [-0.1, -0.05) is 13.0 Å². The normalized spacial score (nSPS) is 20.0. The third kappa shape index (κ3) is 2.75. The first kappa shape index (κ1) is 19.9. The number of fused-ring (bicyclic) bond motifs is 3. The third-order valence-electron chi connectivity index (χ3n) is 6.95. The molecule has 1 amide bonds. The van der Waals surface area contributed by atoms with Crippen LogP contribution in [0.2, 0.25) is 0 Å². The number of carbonyl (C=O) groups is 1. The van der Waals surface area contributed by atoms with Crippen molar-refractivity contribution in [3.8, 4) is 22.6 Å². The van der Waals surface area contributed by atoms with E-state index in [1.165, 1.54) is 0 Å². The summed E-state index contributed by atoms with van der Waals surface area (Å²) < 4.78 is 1.93. The van der Waals surface area contributed by atoms with Gasteiger partial charge in [0.15, 0.2) is 5.65 Å². The Kier molecular flexibility index (Phi) is 4.31. The predicted molar refractivity (Wildman–Crippen MR) is 124 cm³/mol. The summed E-state index contributed by atoms with van der Waals surface area (Å²) in [5, 5.41) is 3.10. The topological polar surface area (TPSA) is 102 Å². The van der Waals surface area contributed by atoms with Gasteiger partial charge in [-0.2, -0.15) is 0 Å². The highest BCUT2D eigenvalue weighted by atomic mass is 16.2. The van der Waals surface area contributed by atoms with E-state index in [1.54, 1.807) is 18.7 Å². The lowest BCUT2D eigenvalue weighted by Crippen LogP contribution is -2.46. The Labute approximate surface area is 190 Å². The predicted octanol–water partition coefficient (Wildman–Crippen LogP) is 3.06. The van der Waals surface area contributed by atoms with Crippen molar-refractivity contribution in [1.29, 1.82) is 0 Å². The Bertz CT molecular complexity index is 1410. The summed E-state index contributed by atoms with van der Waals surface area (Å²) in [7, 11) is 1.93. The number of nitrogens with zero attached hydrogens (tertiary/aromatic N) is 7. The van der Waals surface area contributed by atoms with Crippen molar-refractivity contribution in [3.63, 3.8) is 0 Å². The molecule has 1 fully saturated rings. The molecule has 1 saturated heterocycles. The molecule has 6 rings (SSSR count). The van der Waals surface area contributed by atoms with Gasteiger partial charge in [0.1, 0.15) is 34.7 Å². The number of carbonyl (C=O) groups excluding carboxylic acids is 1. The van der Waals surface area contributed by atoms with Crippen molar-refractivity contribution in [2.75, 3.05) is 18.4 Å². The number of amides is 1. The van der Waals surface area contributed by atoms with Gasteiger partial charge in [-0.05, 0) is 45.0 Å². The quantitative estimate of drug-likeness (QED) is 0.522. The average Bonchev–Trinajstić information content (AvgIpc) is 3.49. The van der Waals surface area contributed by atoms with Gasteiger partial charge >= 0.3 is 0 Å². The largest absolute Gasteiger partial charge is 0.324 e. The fraction of sp³-hybridized carbons (Fsp3) is 0.333. The number of hydrogen-bond acceptors (Lipinski definition) is 7. The molecule has 0 bridgehead atoms. The van der Waals surface area contributed by atoms with E-state index in [2.05, 4.69) is 43.1 Å². The minimum atomic E-state index is -0.596. The molecule has 0 radical (unpaired) electrons. The smallest absolute Gasteiger partial charge is 0.249 e. The second kappa shape index (κ2) is 7.14. The molecule has 2 aliphatic rings. The van der Waals surface area contributed by atoms with Crippen LogP contribution in [0, 0.1) is 6.92 Å². The lowest BCUT2D eigenvalue weighted by Gasteiger charge is -2.32. The molecule has 1 atom stereocenters. The molecule has 9 heteroatoms. The second-order valence-corrected chi connectivity index (χ2v) is 8.67. The highest BCUT2D eigenvalue weighted by molar-refractivity contribution is 6.07. The van der Waals surface area contributed by atoms with Gasteiger partial charge in [0.2, 0.25) is 5.91 Å². The number of anilines is 1. The molecule has 9 nitrogen and oxygen atoms in total. The van der Waals surface area contributed by atoms with Crippen molar-refractivity contribution in [3.05, 3.63) is 48.3 Å². The zero-order chi connectivity index (χ0) is 22.7. The summed E-state index contributed by atoms with van der Waals surface area (Å²) in [5.74, 6) is 1.51. The number of imidazole rings is 1. The molecule has 166 valence electrons. The monoisotopic (exact) mass is 440 g/mol. The zero-order valence-electron chi connectivity index (χ0n) is 18.8. The van der Waals surface area contributed by atoms with Crippen molar-refractivity contribution >= 4 is 22.8 Å². The first-order valence-corrected chi connectivity index (χ1v) is 11.2. The number of hydrogen-bond donors (Lipinski definition) is 1. The standard InChI is InChI=1S/C24H24N8O/c1-4-32-9-5-8-24(32)17-10-15(6-7-18(17)29-23(24)33)19-20-22(28-13-27-19)31(3)21(30-20)16-11-25-14(2)26-12-16/h6-7,10-13H,4-5,8-9H2,1-3H3,(H,29,33). The van der Waals surface area contributed by atoms with Crippen LogP contribution in [0.15, 0.2) is 36.9 Å². The van der Waals surface area contributed by atoms with E-state index >= 15 is 0 Å². The molecular formula is C24H24N8O. The first-order valence-electron chi connectivity index (χ1n) is 11.2. The highest BCUT2D eigenvalue weighted by Gasteiger charge is 2.53. The van der Waals surface area contributed by atoms with E-state index in [0.717, 1.165) is 65.5 Å². The molecule has 2 aliphatic heterocycles. The van der Waals surface area contributed by atoms with Crippen LogP contribution in [-0.4, -0.2) is 53.4 Å². The molecular weight excluding hydrogens is 416 g/mol. The van der Waals surface area contributed by atoms with Crippen LogP contribution in [0.3, 0.4) is 0 Å². The maximum Gasteiger partial charge on any atom is 0.249 e. The van der Waals surface area contributed by atoms with E-state index in [-0.39, 0.29) is 5.91 Å². The van der Waals surface area contributed by atoms with E-state index in [1.807, 2.05) is 30.7 Å². The molecule has 0 saturated carbocycles. The van der Waals surface area contributed by atoms with Crippen molar-refractivity contribution in [2.24, 2.45) is 7.05 Å². The number of benzene rings is 1. The van der Waals surface area contributed by atoms with Gasteiger partial charge in [-0.3, -0.25) is 9.69 Å². The molecule has 1 unspecified atom stereocenters. The van der Waals surface area contributed by atoms with Crippen LogP contribution in [-0.2, 0) is 17.4 Å². The van der Waals surface area contributed by atoms with Gasteiger partial charge < -0.3 is 9.88 Å². The van der Waals surface area contributed by atoms with Crippen LogP contribution in [0.25, 0.3) is 33.8 Å².